The molecule has 0 spiro atoms. The highest BCUT2D eigenvalue weighted by Crippen LogP contribution is 2.53. The predicted molar refractivity (Wildman–Crippen MR) is 36.2 cm³/mol. The lowest BCUT2D eigenvalue weighted by Crippen LogP contribution is -2.53. The monoisotopic (exact) mass is 350 g/mol. The van der Waals surface area contributed by atoms with Gasteiger partial charge in [0.2, 0.25) is 11.7 Å². The van der Waals surface area contributed by atoms with Gasteiger partial charge in [-0.1, -0.05) is 0 Å². The van der Waals surface area contributed by atoms with Crippen molar-refractivity contribution in [2.24, 2.45) is 0 Å². The molecule has 0 rings (SSSR count). The zero-order chi connectivity index (χ0) is 17.7. The maximum atomic E-state index is 12.4. The third-order valence-electron chi connectivity index (χ3n) is 1.85. The molecular weight excluding hydrogens is 350 g/mol. The molecule has 0 heterocycles. The Morgan fingerprint density at radius 3 is 0.952 bits per heavy atom. The minimum absolute atomic E-state index is 4.80. The molecule has 0 N–H and O–H groups in total. The van der Waals surface area contributed by atoms with E-state index in [0.29, 0.717) is 0 Å². The quantitative estimate of drug-likeness (QED) is 0.617. The van der Waals surface area contributed by atoms with E-state index in [1.54, 1.807) is 0 Å². The Balaban J connectivity index is 6.13. The van der Waals surface area contributed by atoms with Gasteiger partial charge in [0.1, 0.15) is 0 Å². The lowest BCUT2D eigenvalue weighted by Gasteiger charge is -2.28. The second kappa shape index (κ2) is 4.90. The number of alkyl halides is 12. The summed E-state index contributed by atoms with van der Waals surface area (Å²) in [7, 11) is 0. The van der Waals surface area contributed by atoms with E-state index in [4.69, 9.17) is 0 Å². The summed E-state index contributed by atoms with van der Waals surface area (Å²) in [5, 5.41) is 0. The minimum atomic E-state index is -7.43. The lowest BCUT2D eigenvalue weighted by molar-refractivity contribution is -0.349. The fraction of sp³-hybridized carbons (Fsp3) is 0.714. The highest BCUT2D eigenvalue weighted by atomic mass is 19.4. The molecule has 0 amide bonds. The third-order valence-corrected chi connectivity index (χ3v) is 1.85. The highest BCUT2D eigenvalue weighted by Gasteiger charge is 2.77. The predicted octanol–water partition coefficient (Wildman–Crippen LogP) is 5.17. The van der Waals surface area contributed by atoms with E-state index in [2.05, 4.69) is 0 Å². The van der Waals surface area contributed by atoms with Crippen LogP contribution in [0.2, 0.25) is 0 Å². The Morgan fingerprint density at radius 1 is 0.429 bits per heavy atom. The molecule has 0 fully saturated rings. The molecule has 0 aromatic carbocycles. The summed E-state index contributed by atoms with van der Waals surface area (Å²) >= 11 is 0. The molecule has 0 bridgehead atoms. The van der Waals surface area contributed by atoms with E-state index in [1.165, 1.54) is 0 Å². The van der Waals surface area contributed by atoms with Crippen molar-refractivity contribution in [3.8, 4) is 0 Å². The van der Waals surface area contributed by atoms with Crippen LogP contribution in [0.1, 0.15) is 0 Å². The molecule has 0 aliphatic carbocycles. The van der Waals surface area contributed by atoms with E-state index in [0.717, 1.165) is 0 Å². The first-order valence-corrected chi connectivity index (χ1v) is 4.15. The largest absolute Gasteiger partial charge is 0.460 e. The van der Waals surface area contributed by atoms with Gasteiger partial charge in [0.25, 0.3) is 0 Å². The molecule has 0 unspecified atom stereocenters. The van der Waals surface area contributed by atoms with Crippen molar-refractivity contribution < 1.29 is 61.5 Å². The summed E-state index contributed by atoms with van der Waals surface area (Å²) in [5.41, 5.74) is 0. The minimum Gasteiger partial charge on any atom is -0.202 e. The van der Waals surface area contributed by atoms with Gasteiger partial charge < -0.3 is 0 Å². The number of rotatable bonds is 3. The van der Waals surface area contributed by atoms with Gasteiger partial charge in [-0.05, 0) is 0 Å². The zero-order valence-electron chi connectivity index (χ0n) is 8.79. The van der Waals surface area contributed by atoms with Gasteiger partial charge in [-0.3, -0.25) is 0 Å². The first-order chi connectivity index (χ1) is 8.82. The summed E-state index contributed by atoms with van der Waals surface area (Å²) < 4.78 is 167. The Morgan fingerprint density at radius 2 is 0.714 bits per heavy atom. The van der Waals surface area contributed by atoms with E-state index in [-0.39, 0.29) is 0 Å². The molecule has 0 aromatic rings. The fourth-order valence-corrected chi connectivity index (χ4v) is 0.716. The molecule has 0 radical (unpaired) electrons. The zero-order valence-corrected chi connectivity index (χ0v) is 8.79. The van der Waals surface area contributed by atoms with Crippen LogP contribution in [-0.2, 0) is 0 Å². The van der Waals surface area contributed by atoms with Crippen molar-refractivity contribution in [2.45, 2.75) is 30.1 Å². The molecular formula is C7F14. The smallest absolute Gasteiger partial charge is 0.202 e. The van der Waals surface area contributed by atoms with Crippen LogP contribution in [-0.4, -0.2) is 30.1 Å². The Hall–Kier alpha value is -1.24. The van der Waals surface area contributed by atoms with Gasteiger partial charge in [0.15, 0.2) is 0 Å². The van der Waals surface area contributed by atoms with Gasteiger partial charge in [0, 0.05) is 0 Å². The SMILES string of the molecule is F/C(=C(/F)C(F)(F)C(F)(F)C(F)(F)F)C(F)(F)C(F)(F)F. The van der Waals surface area contributed by atoms with Crippen molar-refractivity contribution in [3.05, 3.63) is 11.7 Å². The van der Waals surface area contributed by atoms with Gasteiger partial charge in [-0.25, -0.2) is 8.78 Å². The topological polar surface area (TPSA) is 0 Å². The Labute approximate surface area is 105 Å². The van der Waals surface area contributed by atoms with E-state index in [1.807, 2.05) is 0 Å². The average Bonchev–Trinajstić information content (AvgIpc) is 2.23. The molecule has 14 heteroatoms. The third kappa shape index (κ3) is 3.02. The molecule has 0 atom stereocenters. The molecule has 0 aliphatic rings. The molecule has 126 valence electrons. The summed E-state index contributed by atoms with van der Waals surface area (Å²) in [6.07, 6.45) is -14.3. The maximum Gasteiger partial charge on any atom is 0.460 e. The average molecular weight is 350 g/mol. The van der Waals surface area contributed by atoms with Gasteiger partial charge in [0.05, 0.1) is 0 Å². The van der Waals surface area contributed by atoms with Crippen molar-refractivity contribution in [2.75, 3.05) is 0 Å². The summed E-state index contributed by atoms with van der Waals surface area (Å²) in [6.45, 7) is 0. The highest BCUT2D eigenvalue weighted by molar-refractivity contribution is 5.22. The van der Waals surface area contributed by atoms with Crippen LogP contribution in [0.4, 0.5) is 61.5 Å². The van der Waals surface area contributed by atoms with Crippen molar-refractivity contribution in [1.29, 1.82) is 0 Å². The van der Waals surface area contributed by atoms with Crippen molar-refractivity contribution >= 4 is 0 Å². The van der Waals surface area contributed by atoms with E-state index >= 15 is 0 Å². The first-order valence-electron chi connectivity index (χ1n) is 4.15. The van der Waals surface area contributed by atoms with Crippen LogP contribution < -0.4 is 0 Å². The van der Waals surface area contributed by atoms with Gasteiger partial charge in [-0.2, -0.15) is 52.7 Å². The van der Waals surface area contributed by atoms with Crippen LogP contribution >= 0.6 is 0 Å². The van der Waals surface area contributed by atoms with Crippen LogP contribution in [0.3, 0.4) is 0 Å². The molecule has 0 saturated carbocycles. The second-order valence-electron chi connectivity index (χ2n) is 3.35. The van der Waals surface area contributed by atoms with Crippen LogP contribution in [0.15, 0.2) is 11.7 Å². The lowest BCUT2D eigenvalue weighted by atomic mass is 10.1. The Kier molecular flexibility index (Phi) is 4.61. The van der Waals surface area contributed by atoms with Crippen molar-refractivity contribution in [1.82, 2.24) is 0 Å². The van der Waals surface area contributed by atoms with E-state index < -0.39 is 41.8 Å². The number of halogens is 14. The maximum absolute atomic E-state index is 12.4. The molecule has 0 saturated heterocycles. The number of hydrogen-bond donors (Lipinski definition) is 0. The normalized spacial score (nSPS) is 16.9. The summed E-state index contributed by atoms with van der Waals surface area (Å²) in [6, 6.07) is 0. The van der Waals surface area contributed by atoms with Crippen LogP contribution in [0.25, 0.3) is 0 Å². The van der Waals surface area contributed by atoms with Crippen LogP contribution in [0, 0.1) is 0 Å². The summed E-state index contributed by atoms with van der Waals surface area (Å²) in [4.78, 5) is 0. The summed E-state index contributed by atoms with van der Waals surface area (Å²) in [5.74, 6) is -31.5. The number of hydrogen-bond acceptors (Lipinski definition) is 0. The molecule has 0 aliphatic heterocycles. The van der Waals surface area contributed by atoms with Gasteiger partial charge >= 0.3 is 30.1 Å². The molecule has 21 heavy (non-hydrogen) atoms. The molecule has 0 nitrogen and oxygen atoms in total. The second-order valence-corrected chi connectivity index (χ2v) is 3.35. The fourth-order valence-electron chi connectivity index (χ4n) is 0.716. The first kappa shape index (κ1) is 19.8. The van der Waals surface area contributed by atoms with Crippen molar-refractivity contribution in [3.63, 3.8) is 0 Å². The van der Waals surface area contributed by atoms with Crippen LogP contribution in [0.5, 0.6) is 0 Å². The number of allylic oxidation sites excluding steroid dienone is 2. The molecule has 0 aromatic heterocycles. The Bertz CT molecular complexity index is 420. The standard InChI is InChI=1S/C7F14/c8-1(2(9)4(12,13)6(16,17)18)3(10,11)5(14,15)7(19,20)21/b2-1+. The van der Waals surface area contributed by atoms with Gasteiger partial charge in [-0.15, -0.1) is 0 Å². The van der Waals surface area contributed by atoms with E-state index in [9.17, 15) is 61.5 Å².